The third-order valence-corrected chi connectivity index (χ3v) is 5.44. The van der Waals surface area contributed by atoms with Gasteiger partial charge in [-0.2, -0.15) is 0 Å². The van der Waals surface area contributed by atoms with Gasteiger partial charge in [-0.25, -0.2) is 4.98 Å². The van der Waals surface area contributed by atoms with Crippen LogP contribution in [0, 0.1) is 13.8 Å². The molecule has 1 amide bonds. The van der Waals surface area contributed by atoms with Crippen molar-refractivity contribution in [3.63, 3.8) is 0 Å². The van der Waals surface area contributed by atoms with Crippen molar-refractivity contribution in [2.24, 2.45) is 0 Å². The quantitative estimate of drug-likeness (QED) is 0.630. The number of amides is 1. The van der Waals surface area contributed by atoms with Crippen LogP contribution < -0.4 is 5.32 Å². The predicted molar refractivity (Wildman–Crippen MR) is 106 cm³/mol. The van der Waals surface area contributed by atoms with E-state index in [1.807, 2.05) is 56.3 Å². The maximum atomic E-state index is 12.7. The number of nitrogens with one attached hydrogen (secondary N) is 1. The summed E-state index contributed by atoms with van der Waals surface area (Å²) in [7, 11) is 0. The number of thioether (sulfide) groups is 1. The molecule has 0 aliphatic carbocycles. The van der Waals surface area contributed by atoms with Crippen LogP contribution in [0.1, 0.15) is 24.5 Å². The zero-order chi connectivity index (χ0) is 17.8. The van der Waals surface area contributed by atoms with E-state index >= 15 is 0 Å². The number of nitrogens with zero attached hydrogens (tertiary/aromatic N) is 1. The van der Waals surface area contributed by atoms with Crippen molar-refractivity contribution in [1.29, 1.82) is 0 Å². The predicted octanol–water partition coefficient (Wildman–Crippen LogP) is 5.36. The topological polar surface area (TPSA) is 42.0 Å². The van der Waals surface area contributed by atoms with E-state index in [-0.39, 0.29) is 11.2 Å². The first kappa shape index (κ1) is 17.5. The Morgan fingerprint density at radius 1 is 1.12 bits per heavy atom. The number of carbonyl (C=O) groups is 1. The highest BCUT2D eigenvalue weighted by Gasteiger charge is 2.19. The molecule has 0 saturated heterocycles. The standard InChI is InChI=1S/C21H22N2OS/c1-4-19(21(24)23-17-11-9-14(2)13-15(17)3)25-20-12-10-16-7-5-6-8-18(16)22-20/h5-13,19H,4H2,1-3H3,(H,23,24). The zero-order valence-electron chi connectivity index (χ0n) is 14.7. The molecule has 25 heavy (non-hydrogen) atoms. The van der Waals surface area contributed by atoms with Crippen molar-refractivity contribution in [3.8, 4) is 0 Å². The SMILES string of the molecule is CCC(Sc1ccc2ccccc2n1)C(=O)Nc1ccc(C)cc1C. The lowest BCUT2D eigenvalue weighted by Crippen LogP contribution is -2.25. The Labute approximate surface area is 152 Å². The van der Waals surface area contributed by atoms with E-state index in [0.29, 0.717) is 0 Å². The van der Waals surface area contributed by atoms with Crippen LogP contribution in [0.2, 0.25) is 0 Å². The molecule has 1 unspecified atom stereocenters. The van der Waals surface area contributed by atoms with E-state index < -0.39 is 0 Å². The smallest absolute Gasteiger partial charge is 0.237 e. The number of aromatic nitrogens is 1. The van der Waals surface area contributed by atoms with Crippen molar-refractivity contribution in [3.05, 3.63) is 65.7 Å². The maximum absolute atomic E-state index is 12.7. The molecule has 128 valence electrons. The molecule has 3 nitrogen and oxygen atoms in total. The van der Waals surface area contributed by atoms with Crippen LogP contribution >= 0.6 is 11.8 Å². The average molecular weight is 350 g/mol. The Balaban J connectivity index is 1.75. The van der Waals surface area contributed by atoms with Gasteiger partial charge in [0.1, 0.15) is 0 Å². The first-order chi connectivity index (χ1) is 12.1. The molecule has 0 aliphatic rings. The van der Waals surface area contributed by atoms with Crippen LogP contribution in [0.5, 0.6) is 0 Å². The lowest BCUT2D eigenvalue weighted by Gasteiger charge is -2.16. The highest BCUT2D eigenvalue weighted by molar-refractivity contribution is 8.00. The second-order valence-electron chi connectivity index (χ2n) is 6.16. The normalized spacial score (nSPS) is 12.1. The molecule has 3 aromatic rings. The maximum Gasteiger partial charge on any atom is 0.237 e. The summed E-state index contributed by atoms with van der Waals surface area (Å²) in [6.07, 6.45) is 0.746. The summed E-state index contributed by atoms with van der Waals surface area (Å²) in [6, 6.07) is 18.1. The number of para-hydroxylation sites is 1. The van der Waals surface area contributed by atoms with Crippen LogP contribution in [-0.4, -0.2) is 16.1 Å². The number of rotatable bonds is 5. The minimum atomic E-state index is -0.172. The third-order valence-electron chi connectivity index (χ3n) is 4.14. The molecule has 0 fully saturated rings. The van der Waals surface area contributed by atoms with Gasteiger partial charge in [-0.1, -0.05) is 60.6 Å². The molecule has 3 rings (SSSR count). The average Bonchev–Trinajstić information content (AvgIpc) is 2.61. The Hall–Kier alpha value is -2.33. The summed E-state index contributed by atoms with van der Waals surface area (Å²) < 4.78 is 0. The summed E-state index contributed by atoms with van der Waals surface area (Å²) in [5.74, 6) is 0.0226. The molecule has 1 heterocycles. The van der Waals surface area contributed by atoms with Gasteiger partial charge in [0.2, 0.25) is 5.91 Å². The number of carbonyl (C=O) groups excluding carboxylic acids is 1. The van der Waals surface area contributed by atoms with Gasteiger partial charge in [-0.05, 0) is 44.0 Å². The molecule has 2 aromatic carbocycles. The number of pyridine rings is 1. The Morgan fingerprint density at radius 2 is 1.92 bits per heavy atom. The van der Waals surface area contributed by atoms with Crippen molar-refractivity contribution >= 4 is 34.3 Å². The molecule has 4 heteroatoms. The summed E-state index contributed by atoms with van der Waals surface area (Å²) in [4.78, 5) is 17.4. The number of benzene rings is 2. The van der Waals surface area contributed by atoms with Gasteiger partial charge in [-0.15, -0.1) is 0 Å². The van der Waals surface area contributed by atoms with Crippen LogP contribution in [0.25, 0.3) is 10.9 Å². The molecule has 1 atom stereocenters. The van der Waals surface area contributed by atoms with Crippen LogP contribution in [0.3, 0.4) is 0 Å². The van der Waals surface area contributed by atoms with Crippen LogP contribution in [0.15, 0.2) is 59.6 Å². The van der Waals surface area contributed by atoms with Crippen LogP contribution in [0.4, 0.5) is 5.69 Å². The summed E-state index contributed by atoms with van der Waals surface area (Å²) >= 11 is 1.52. The number of hydrogen-bond donors (Lipinski definition) is 1. The second-order valence-corrected chi connectivity index (χ2v) is 7.39. The van der Waals surface area contributed by atoms with Gasteiger partial charge >= 0.3 is 0 Å². The zero-order valence-corrected chi connectivity index (χ0v) is 15.6. The molecule has 0 bridgehead atoms. The van der Waals surface area contributed by atoms with Gasteiger partial charge in [0.05, 0.1) is 15.8 Å². The molecule has 1 aromatic heterocycles. The number of hydrogen-bond acceptors (Lipinski definition) is 3. The molecule has 0 saturated carbocycles. The molecule has 0 aliphatic heterocycles. The second kappa shape index (κ2) is 7.70. The number of aryl methyl sites for hydroxylation is 2. The van der Waals surface area contributed by atoms with E-state index in [4.69, 9.17) is 0 Å². The van der Waals surface area contributed by atoms with Gasteiger partial charge in [0.15, 0.2) is 0 Å². The van der Waals surface area contributed by atoms with Crippen molar-refractivity contribution in [2.45, 2.75) is 37.5 Å². The van der Waals surface area contributed by atoms with E-state index in [1.165, 1.54) is 17.3 Å². The first-order valence-corrected chi connectivity index (χ1v) is 9.35. The van der Waals surface area contributed by atoms with Crippen molar-refractivity contribution in [2.75, 3.05) is 5.32 Å². The highest BCUT2D eigenvalue weighted by atomic mass is 32.2. The van der Waals surface area contributed by atoms with Gasteiger partial charge < -0.3 is 5.32 Å². The lowest BCUT2D eigenvalue weighted by molar-refractivity contribution is -0.115. The van der Waals surface area contributed by atoms with E-state index in [2.05, 4.69) is 29.4 Å². The van der Waals surface area contributed by atoms with Crippen molar-refractivity contribution < 1.29 is 4.79 Å². The van der Waals surface area contributed by atoms with E-state index in [9.17, 15) is 4.79 Å². The highest BCUT2D eigenvalue weighted by Crippen LogP contribution is 2.27. The Morgan fingerprint density at radius 3 is 2.68 bits per heavy atom. The fraction of sp³-hybridized carbons (Fsp3) is 0.238. The van der Waals surface area contributed by atoms with Gasteiger partial charge in [0.25, 0.3) is 0 Å². The minimum absolute atomic E-state index is 0.0226. The van der Waals surface area contributed by atoms with Gasteiger partial charge in [0, 0.05) is 11.1 Å². The van der Waals surface area contributed by atoms with Gasteiger partial charge in [-0.3, -0.25) is 4.79 Å². The van der Waals surface area contributed by atoms with E-state index in [1.54, 1.807) is 0 Å². The largest absolute Gasteiger partial charge is 0.325 e. The Kier molecular flexibility index (Phi) is 5.39. The number of anilines is 1. The molecule has 1 N–H and O–H groups in total. The molecular formula is C21H22N2OS. The fourth-order valence-corrected chi connectivity index (χ4v) is 3.67. The third kappa shape index (κ3) is 4.20. The van der Waals surface area contributed by atoms with Crippen molar-refractivity contribution in [1.82, 2.24) is 4.98 Å². The molecular weight excluding hydrogens is 328 g/mol. The minimum Gasteiger partial charge on any atom is -0.325 e. The summed E-state index contributed by atoms with van der Waals surface area (Å²) in [6.45, 7) is 6.09. The number of fused-ring (bicyclic) bond motifs is 1. The summed E-state index contributed by atoms with van der Waals surface area (Å²) in [5, 5.41) is 4.87. The first-order valence-electron chi connectivity index (χ1n) is 8.47. The monoisotopic (exact) mass is 350 g/mol. The molecule has 0 radical (unpaired) electrons. The fourth-order valence-electron chi connectivity index (χ4n) is 2.75. The summed E-state index contributed by atoms with van der Waals surface area (Å²) in [5.41, 5.74) is 4.10. The Bertz CT molecular complexity index is 907. The lowest BCUT2D eigenvalue weighted by atomic mass is 10.1. The van der Waals surface area contributed by atoms with Crippen LogP contribution in [-0.2, 0) is 4.79 Å². The van der Waals surface area contributed by atoms with E-state index in [0.717, 1.165) is 33.6 Å². The molecule has 0 spiro atoms.